The molecule has 0 amide bonds. The molecule has 0 bridgehead atoms. The van der Waals surface area contributed by atoms with E-state index in [1.165, 1.54) is 25.7 Å². The molecule has 0 radical (unpaired) electrons. The van der Waals surface area contributed by atoms with E-state index in [4.69, 9.17) is 10.9 Å². The molecule has 0 unspecified atom stereocenters. The molecule has 0 aliphatic heterocycles. The molecule has 0 aromatic carbocycles. The van der Waals surface area contributed by atoms with Gasteiger partial charge in [-0.15, -0.1) is 0 Å². The summed E-state index contributed by atoms with van der Waals surface area (Å²) in [6.07, 6.45) is 5.61. The largest absolute Gasteiger partial charge is 0.330 e. The SMILES string of the molecule is NCC1CCCC1.NO. The van der Waals surface area contributed by atoms with E-state index in [0.29, 0.717) is 0 Å². The van der Waals surface area contributed by atoms with Gasteiger partial charge in [0.15, 0.2) is 0 Å². The third-order valence-electron chi connectivity index (χ3n) is 1.81. The molecule has 0 heterocycles. The Labute approximate surface area is 56.0 Å². The second kappa shape index (κ2) is 6.01. The van der Waals surface area contributed by atoms with E-state index in [9.17, 15) is 0 Å². The topological polar surface area (TPSA) is 72.3 Å². The lowest BCUT2D eigenvalue weighted by atomic mass is 10.1. The normalized spacial score (nSPS) is 19.0. The van der Waals surface area contributed by atoms with Crippen LogP contribution in [0.15, 0.2) is 0 Å². The van der Waals surface area contributed by atoms with Crippen molar-refractivity contribution >= 4 is 0 Å². The van der Waals surface area contributed by atoms with E-state index in [-0.39, 0.29) is 0 Å². The van der Waals surface area contributed by atoms with Gasteiger partial charge in [0.1, 0.15) is 0 Å². The van der Waals surface area contributed by atoms with Gasteiger partial charge in [-0.3, -0.25) is 0 Å². The predicted molar refractivity (Wildman–Crippen MR) is 37.0 cm³/mol. The van der Waals surface area contributed by atoms with Crippen LogP contribution in [0.25, 0.3) is 0 Å². The van der Waals surface area contributed by atoms with E-state index >= 15 is 0 Å². The van der Waals surface area contributed by atoms with Crippen LogP contribution in [0, 0.1) is 5.92 Å². The molecule has 3 heteroatoms. The van der Waals surface area contributed by atoms with E-state index < -0.39 is 0 Å². The van der Waals surface area contributed by atoms with Crippen LogP contribution >= 0.6 is 0 Å². The van der Waals surface area contributed by atoms with Crippen LogP contribution in [0.2, 0.25) is 0 Å². The van der Waals surface area contributed by atoms with Crippen molar-refractivity contribution in [3.63, 3.8) is 0 Å². The fraction of sp³-hybridized carbons (Fsp3) is 1.00. The second-order valence-electron chi connectivity index (χ2n) is 2.39. The monoisotopic (exact) mass is 132 g/mol. The average molecular weight is 132 g/mol. The lowest BCUT2D eigenvalue weighted by molar-refractivity contribution is 0.311. The molecule has 0 saturated heterocycles. The fourth-order valence-corrected chi connectivity index (χ4v) is 1.25. The van der Waals surface area contributed by atoms with Crippen LogP contribution < -0.4 is 11.6 Å². The Morgan fingerprint density at radius 1 is 1.22 bits per heavy atom. The summed E-state index contributed by atoms with van der Waals surface area (Å²) in [7, 11) is 0. The third-order valence-corrected chi connectivity index (χ3v) is 1.81. The maximum atomic E-state index is 6.50. The summed E-state index contributed by atoms with van der Waals surface area (Å²) in [5.74, 6) is 4.38. The van der Waals surface area contributed by atoms with Gasteiger partial charge in [0.2, 0.25) is 0 Å². The summed E-state index contributed by atoms with van der Waals surface area (Å²) in [4.78, 5) is 0. The van der Waals surface area contributed by atoms with Gasteiger partial charge in [-0.2, -0.15) is 0 Å². The van der Waals surface area contributed by atoms with Crippen LogP contribution in [0.5, 0.6) is 0 Å². The fourth-order valence-electron chi connectivity index (χ4n) is 1.25. The highest BCUT2D eigenvalue weighted by atomic mass is 16.4. The van der Waals surface area contributed by atoms with Crippen molar-refractivity contribution in [1.29, 1.82) is 0 Å². The zero-order valence-corrected chi connectivity index (χ0v) is 5.71. The van der Waals surface area contributed by atoms with Crippen molar-refractivity contribution in [2.24, 2.45) is 17.5 Å². The van der Waals surface area contributed by atoms with Gasteiger partial charge in [0, 0.05) is 0 Å². The zero-order valence-electron chi connectivity index (χ0n) is 5.71. The lowest BCUT2D eigenvalue weighted by Gasteiger charge is -1.99. The minimum absolute atomic E-state index is 0.875. The van der Waals surface area contributed by atoms with E-state index in [1.54, 1.807) is 0 Å². The van der Waals surface area contributed by atoms with Gasteiger partial charge in [0.25, 0.3) is 0 Å². The number of nitrogens with two attached hydrogens (primary N) is 2. The van der Waals surface area contributed by atoms with Crippen LogP contribution in [-0.2, 0) is 0 Å². The first-order valence-corrected chi connectivity index (χ1v) is 3.39. The quantitative estimate of drug-likeness (QED) is 0.454. The van der Waals surface area contributed by atoms with Crippen molar-refractivity contribution in [1.82, 2.24) is 0 Å². The van der Waals surface area contributed by atoms with Crippen molar-refractivity contribution in [2.45, 2.75) is 25.7 Å². The van der Waals surface area contributed by atoms with Gasteiger partial charge in [0.05, 0.1) is 0 Å². The molecule has 1 aliphatic rings. The molecule has 0 aromatic rings. The summed E-state index contributed by atoms with van der Waals surface area (Å²) in [6, 6.07) is 0. The first-order valence-electron chi connectivity index (χ1n) is 3.39. The van der Waals surface area contributed by atoms with Gasteiger partial charge in [-0.1, -0.05) is 12.8 Å². The maximum Gasteiger partial charge on any atom is -0.00489 e. The number of rotatable bonds is 1. The van der Waals surface area contributed by atoms with Gasteiger partial charge >= 0.3 is 0 Å². The highest BCUT2D eigenvalue weighted by Gasteiger charge is 2.11. The minimum Gasteiger partial charge on any atom is -0.330 e. The molecule has 9 heavy (non-hydrogen) atoms. The summed E-state index contributed by atoms with van der Waals surface area (Å²) >= 11 is 0. The van der Waals surface area contributed by atoms with Gasteiger partial charge < -0.3 is 10.9 Å². The summed E-state index contributed by atoms with van der Waals surface area (Å²) in [5.41, 5.74) is 5.43. The van der Waals surface area contributed by atoms with Gasteiger partial charge in [-0.05, 0) is 25.3 Å². The average Bonchev–Trinajstić information content (AvgIpc) is 2.43. The Hall–Kier alpha value is -0.120. The van der Waals surface area contributed by atoms with Crippen LogP contribution in [0.3, 0.4) is 0 Å². The van der Waals surface area contributed by atoms with E-state index in [2.05, 4.69) is 5.90 Å². The molecule has 0 spiro atoms. The van der Waals surface area contributed by atoms with E-state index in [1.807, 2.05) is 0 Å². The first-order chi connectivity index (χ1) is 4.43. The van der Waals surface area contributed by atoms with Crippen molar-refractivity contribution in [2.75, 3.05) is 6.54 Å². The lowest BCUT2D eigenvalue weighted by Crippen LogP contribution is -2.09. The molecule has 1 fully saturated rings. The smallest absolute Gasteiger partial charge is 0.00489 e. The Bertz CT molecular complexity index is 53.0. The molecule has 5 N–H and O–H groups in total. The van der Waals surface area contributed by atoms with Crippen molar-refractivity contribution in [3.05, 3.63) is 0 Å². The Morgan fingerprint density at radius 2 is 1.67 bits per heavy atom. The summed E-state index contributed by atoms with van der Waals surface area (Å²) < 4.78 is 0. The number of hydrogen-bond acceptors (Lipinski definition) is 3. The predicted octanol–water partition coefficient (Wildman–Crippen LogP) is 0.470. The number of hydrogen-bond donors (Lipinski definition) is 3. The molecule has 1 rings (SSSR count). The second-order valence-corrected chi connectivity index (χ2v) is 2.39. The highest BCUT2D eigenvalue weighted by molar-refractivity contribution is 4.66. The first kappa shape index (κ1) is 8.88. The molecule has 0 atom stereocenters. The maximum absolute atomic E-state index is 6.50. The molecule has 1 saturated carbocycles. The highest BCUT2D eigenvalue weighted by Crippen LogP contribution is 2.22. The molecule has 3 nitrogen and oxygen atoms in total. The summed E-state index contributed by atoms with van der Waals surface area (Å²) in [5, 5.41) is 6.50. The molecule has 56 valence electrons. The Balaban J connectivity index is 0.000000291. The Kier molecular flexibility index (Phi) is 5.93. The molecule has 1 aliphatic carbocycles. The van der Waals surface area contributed by atoms with Crippen LogP contribution in [-0.4, -0.2) is 11.8 Å². The van der Waals surface area contributed by atoms with Crippen LogP contribution in [0.1, 0.15) is 25.7 Å². The minimum atomic E-state index is 0.875. The van der Waals surface area contributed by atoms with Crippen LogP contribution in [0.4, 0.5) is 0 Å². The standard InChI is InChI=1S/C6H13N.H3NO/c7-5-6-3-1-2-4-6;1-2/h6H,1-5,7H2;2H,1H2. The summed E-state index contributed by atoms with van der Waals surface area (Å²) in [6.45, 7) is 0.917. The van der Waals surface area contributed by atoms with E-state index in [0.717, 1.165) is 12.5 Å². The third kappa shape index (κ3) is 3.46. The van der Waals surface area contributed by atoms with Gasteiger partial charge in [-0.25, -0.2) is 5.90 Å². The molecular weight excluding hydrogens is 116 g/mol. The molecular formula is C6H16N2O. The zero-order chi connectivity index (χ0) is 7.11. The van der Waals surface area contributed by atoms with Crippen molar-refractivity contribution < 1.29 is 5.21 Å². The van der Waals surface area contributed by atoms with Crippen molar-refractivity contribution in [3.8, 4) is 0 Å². The molecule has 0 aromatic heterocycles. The Morgan fingerprint density at radius 3 is 1.89 bits per heavy atom.